The van der Waals surface area contributed by atoms with Gasteiger partial charge in [-0.3, -0.25) is 4.79 Å². The number of aromatic nitrogens is 1. The molecule has 5 atom stereocenters. The van der Waals surface area contributed by atoms with Crippen LogP contribution >= 0.6 is 0 Å². The van der Waals surface area contributed by atoms with Crippen molar-refractivity contribution in [2.45, 2.75) is 95.9 Å². The highest BCUT2D eigenvalue weighted by atomic mass is 19.4. The lowest BCUT2D eigenvalue weighted by Crippen LogP contribution is -2.51. The molecule has 2 saturated heterocycles. The Morgan fingerprint density at radius 3 is 2.35 bits per heavy atom. The molecule has 2 aromatic rings. The van der Waals surface area contributed by atoms with Crippen molar-refractivity contribution in [2.75, 3.05) is 13.7 Å². The Hall–Kier alpha value is -3.18. The Labute approximate surface area is 249 Å². The van der Waals surface area contributed by atoms with Gasteiger partial charge < -0.3 is 24.2 Å². The maximum atomic E-state index is 14.3. The third kappa shape index (κ3) is 6.38. The van der Waals surface area contributed by atoms with Crippen LogP contribution in [0.25, 0.3) is 0 Å². The standard InChI is InChI=1S/C32H39F3N2O6/c1-31(2,3)24-26(30(39)40)37(29(38)23-11-7-8-14-42-23)25(22-10-6-5-9-21(22)18-12-13-18)27(24)43-17-19-15-20(32(33,34)35)16-36-28(19)41-4/h5-6,9-10,15-16,18,23-27H,7-8,11-14,17H2,1-4H3,(H,39,40)/t23-,24+,25-,26-,27-/m0/s1. The number of methoxy groups -OCH3 is 1. The van der Waals surface area contributed by atoms with Crippen molar-refractivity contribution >= 4 is 11.9 Å². The molecular weight excluding hydrogens is 565 g/mol. The van der Waals surface area contributed by atoms with Gasteiger partial charge in [0, 0.05) is 24.3 Å². The molecule has 3 aliphatic rings. The number of carbonyl (C=O) groups excluding carboxylic acids is 1. The number of benzene rings is 1. The number of halogens is 3. The normalized spacial score (nSPS) is 26.4. The summed E-state index contributed by atoms with van der Waals surface area (Å²) in [6, 6.07) is 6.59. The van der Waals surface area contributed by atoms with E-state index in [0.717, 1.165) is 42.9 Å². The summed E-state index contributed by atoms with van der Waals surface area (Å²) in [5, 5.41) is 10.7. The van der Waals surface area contributed by atoms with Crippen molar-refractivity contribution in [1.82, 2.24) is 9.88 Å². The molecule has 1 amide bonds. The molecule has 8 nitrogen and oxygen atoms in total. The second-order valence-electron chi connectivity index (χ2n) is 12.8. The molecule has 234 valence electrons. The third-order valence-electron chi connectivity index (χ3n) is 8.78. The van der Waals surface area contributed by atoms with Crippen molar-refractivity contribution < 1.29 is 42.1 Å². The first-order valence-electron chi connectivity index (χ1n) is 14.8. The number of ether oxygens (including phenoxy) is 3. The van der Waals surface area contributed by atoms with Crippen LogP contribution in [0.5, 0.6) is 5.88 Å². The molecule has 2 aliphatic heterocycles. The summed E-state index contributed by atoms with van der Waals surface area (Å²) in [7, 11) is 1.31. The Morgan fingerprint density at radius 1 is 1.09 bits per heavy atom. The fourth-order valence-electron chi connectivity index (χ4n) is 6.69. The van der Waals surface area contributed by atoms with Crippen LogP contribution in [-0.4, -0.2) is 58.8 Å². The van der Waals surface area contributed by atoms with Gasteiger partial charge in [0.1, 0.15) is 12.1 Å². The number of hydrogen-bond donors (Lipinski definition) is 1. The van der Waals surface area contributed by atoms with Crippen LogP contribution in [0.2, 0.25) is 0 Å². The zero-order valence-corrected chi connectivity index (χ0v) is 24.9. The van der Waals surface area contributed by atoms with Gasteiger partial charge in [-0.25, -0.2) is 9.78 Å². The molecule has 5 rings (SSSR count). The molecule has 0 radical (unpaired) electrons. The van der Waals surface area contributed by atoms with E-state index in [0.29, 0.717) is 19.2 Å². The van der Waals surface area contributed by atoms with Gasteiger partial charge in [-0.15, -0.1) is 0 Å². The largest absolute Gasteiger partial charge is 0.481 e. The van der Waals surface area contributed by atoms with Gasteiger partial charge >= 0.3 is 12.1 Å². The molecule has 1 saturated carbocycles. The molecule has 1 aromatic heterocycles. The highest BCUT2D eigenvalue weighted by Gasteiger charge is 2.60. The Morgan fingerprint density at radius 2 is 1.79 bits per heavy atom. The maximum Gasteiger partial charge on any atom is 0.417 e. The van der Waals surface area contributed by atoms with Crippen LogP contribution in [0.3, 0.4) is 0 Å². The number of aliphatic carboxylic acids is 1. The number of carboxylic acids is 1. The number of hydrogen-bond acceptors (Lipinski definition) is 6. The van der Waals surface area contributed by atoms with Crippen LogP contribution in [0, 0.1) is 11.3 Å². The van der Waals surface area contributed by atoms with E-state index in [2.05, 4.69) is 4.98 Å². The first-order valence-corrected chi connectivity index (χ1v) is 14.8. The average molecular weight is 605 g/mol. The molecule has 0 bridgehead atoms. The molecule has 3 heterocycles. The molecule has 1 aliphatic carbocycles. The van der Waals surface area contributed by atoms with Gasteiger partial charge in [0.15, 0.2) is 0 Å². The summed E-state index contributed by atoms with van der Waals surface area (Å²) in [6.45, 7) is 5.77. The number of rotatable bonds is 8. The fraction of sp³-hybridized carbons (Fsp3) is 0.594. The van der Waals surface area contributed by atoms with E-state index in [1.54, 1.807) is 0 Å². The van der Waals surface area contributed by atoms with Gasteiger partial charge in [-0.1, -0.05) is 45.0 Å². The first kappa shape index (κ1) is 31.3. The van der Waals surface area contributed by atoms with Crippen LogP contribution in [0.15, 0.2) is 36.5 Å². The Kier molecular flexibility index (Phi) is 8.77. The summed E-state index contributed by atoms with van der Waals surface area (Å²) in [5.41, 5.74) is 0.285. The Balaban J connectivity index is 1.63. The SMILES string of the molecule is COc1ncc(C(F)(F)F)cc1CO[C@H]1[C@H](C(C)(C)C)[C@@H](C(=O)O)N(C(=O)[C@@H]2CCCCO2)[C@H]1c1ccccc1C1CC1. The van der Waals surface area contributed by atoms with Crippen molar-refractivity contribution in [3.8, 4) is 5.88 Å². The van der Waals surface area contributed by atoms with E-state index in [1.807, 2.05) is 45.0 Å². The molecule has 43 heavy (non-hydrogen) atoms. The number of nitrogens with zero attached hydrogens (tertiary/aromatic N) is 2. The minimum absolute atomic E-state index is 0.0217. The lowest BCUT2D eigenvalue weighted by molar-refractivity contribution is -0.159. The van der Waals surface area contributed by atoms with Gasteiger partial charge in [0.2, 0.25) is 5.88 Å². The van der Waals surface area contributed by atoms with Crippen molar-refractivity contribution in [1.29, 1.82) is 0 Å². The fourth-order valence-corrected chi connectivity index (χ4v) is 6.69. The molecule has 11 heteroatoms. The predicted octanol–water partition coefficient (Wildman–Crippen LogP) is 6.14. The van der Waals surface area contributed by atoms with E-state index in [9.17, 15) is 27.9 Å². The van der Waals surface area contributed by atoms with Gasteiger partial charge in [0.05, 0.1) is 31.4 Å². The number of amides is 1. The van der Waals surface area contributed by atoms with E-state index in [1.165, 1.54) is 12.0 Å². The third-order valence-corrected chi connectivity index (χ3v) is 8.78. The average Bonchev–Trinajstić information content (AvgIpc) is 3.75. The number of carbonyl (C=O) groups is 2. The zero-order valence-electron chi connectivity index (χ0n) is 24.9. The van der Waals surface area contributed by atoms with Crippen LogP contribution in [0.1, 0.15) is 87.1 Å². The number of carboxylic acid groups (broad SMARTS) is 1. The molecule has 0 unspecified atom stereocenters. The van der Waals surface area contributed by atoms with Gasteiger partial charge in [-0.05, 0) is 60.6 Å². The molecule has 3 fully saturated rings. The van der Waals surface area contributed by atoms with Crippen LogP contribution < -0.4 is 4.74 Å². The van der Waals surface area contributed by atoms with Crippen LogP contribution in [0.4, 0.5) is 13.2 Å². The summed E-state index contributed by atoms with van der Waals surface area (Å²) >= 11 is 0. The number of pyridine rings is 1. The van der Waals surface area contributed by atoms with E-state index in [4.69, 9.17) is 14.2 Å². The highest BCUT2D eigenvalue weighted by Crippen LogP contribution is 2.53. The second-order valence-corrected chi connectivity index (χ2v) is 12.8. The van der Waals surface area contributed by atoms with E-state index < -0.39 is 59.2 Å². The lowest BCUT2D eigenvalue weighted by Gasteiger charge is -2.35. The molecule has 1 N–H and O–H groups in total. The summed E-state index contributed by atoms with van der Waals surface area (Å²) < 4.78 is 58.4. The predicted molar refractivity (Wildman–Crippen MR) is 150 cm³/mol. The highest BCUT2D eigenvalue weighted by molar-refractivity contribution is 5.88. The van der Waals surface area contributed by atoms with Crippen molar-refractivity contribution in [3.05, 3.63) is 58.8 Å². The van der Waals surface area contributed by atoms with E-state index in [-0.39, 0.29) is 24.0 Å². The molecule has 1 aromatic carbocycles. The van der Waals surface area contributed by atoms with Crippen molar-refractivity contribution in [3.63, 3.8) is 0 Å². The minimum atomic E-state index is -4.63. The quantitative estimate of drug-likeness (QED) is 0.387. The topological polar surface area (TPSA) is 98.2 Å². The summed E-state index contributed by atoms with van der Waals surface area (Å²) in [6.07, 6.45) is -1.52. The van der Waals surface area contributed by atoms with E-state index >= 15 is 0 Å². The Bertz CT molecular complexity index is 1330. The summed E-state index contributed by atoms with van der Waals surface area (Å²) in [5.74, 6) is -2.01. The van der Waals surface area contributed by atoms with Gasteiger partial charge in [0.25, 0.3) is 5.91 Å². The first-order chi connectivity index (χ1) is 20.3. The number of alkyl halides is 3. The maximum absolute atomic E-state index is 14.3. The zero-order chi connectivity index (χ0) is 31.1. The van der Waals surface area contributed by atoms with Crippen LogP contribution in [-0.2, 0) is 31.8 Å². The summed E-state index contributed by atoms with van der Waals surface area (Å²) in [4.78, 5) is 32.7. The minimum Gasteiger partial charge on any atom is -0.481 e. The van der Waals surface area contributed by atoms with Gasteiger partial charge in [-0.2, -0.15) is 13.2 Å². The molecular formula is C32H39F3N2O6. The smallest absolute Gasteiger partial charge is 0.417 e. The lowest BCUT2D eigenvalue weighted by atomic mass is 9.73. The monoisotopic (exact) mass is 604 g/mol. The van der Waals surface area contributed by atoms with Crippen molar-refractivity contribution in [2.24, 2.45) is 11.3 Å². The molecule has 0 spiro atoms. The number of likely N-dealkylation sites (tertiary alicyclic amines) is 1. The second kappa shape index (κ2) is 12.1.